The van der Waals surface area contributed by atoms with Gasteiger partial charge in [0.25, 0.3) is 5.69 Å². The molecule has 0 saturated carbocycles. The van der Waals surface area contributed by atoms with Crippen molar-refractivity contribution in [1.29, 1.82) is 0 Å². The highest BCUT2D eigenvalue weighted by Crippen LogP contribution is 2.12. The molecule has 5 heteroatoms. The lowest BCUT2D eigenvalue weighted by Crippen LogP contribution is -2.31. The number of hydrogen-bond acceptors (Lipinski definition) is 4. The Labute approximate surface area is 94.3 Å². The van der Waals surface area contributed by atoms with Crippen LogP contribution in [0.1, 0.15) is 18.9 Å². The van der Waals surface area contributed by atoms with Crippen molar-refractivity contribution in [2.45, 2.75) is 25.9 Å². The third-order valence-corrected chi connectivity index (χ3v) is 2.43. The molecule has 0 unspecified atom stereocenters. The van der Waals surface area contributed by atoms with Crippen molar-refractivity contribution in [1.82, 2.24) is 5.32 Å². The molecule has 1 aromatic rings. The quantitative estimate of drug-likeness (QED) is 0.566. The molecule has 0 fully saturated rings. The Morgan fingerprint density at radius 3 is 2.88 bits per heavy atom. The average Bonchev–Trinajstić information content (AvgIpc) is 2.31. The van der Waals surface area contributed by atoms with Crippen molar-refractivity contribution in [3.05, 3.63) is 39.9 Å². The zero-order chi connectivity index (χ0) is 12.0. The minimum atomic E-state index is -0.410. The van der Waals surface area contributed by atoms with Gasteiger partial charge < -0.3 is 10.4 Å². The number of rotatable bonds is 6. The van der Waals surface area contributed by atoms with Gasteiger partial charge in [0.1, 0.15) is 0 Å². The first-order valence-corrected chi connectivity index (χ1v) is 5.25. The summed E-state index contributed by atoms with van der Waals surface area (Å²) in [5, 5.41) is 22.7. The van der Waals surface area contributed by atoms with Crippen LogP contribution in [0.25, 0.3) is 0 Å². The summed E-state index contributed by atoms with van der Waals surface area (Å²) in [7, 11) is 0. The Hall–Kier alpha value is -1.46. The number of aliphatic hydroxyl groups excluding tert-OH is 1. The largest absolute Gasteiger partial charge is 0.395 e. The smallest absolute Gasteiger partial charge is 0.269 e. The normalized spacial score (nSPS) is 12.4. The van der Waals surface area contributed by atoms with Gasteiger partial charge in [-0.3, -0.25) is 10.1 Å². The van der Waals surface area contributed by atoms with E-state index in [1.165, 1.54) is 12.1 Å². The van der Waals surface area contributed by atoms with Crippen LogP contribution in [0.15, 0.2) is 24.3 Å². The van der Waals surface area contributed by atoms with Crippen LogP contribution in [0.2, 0.25) is 0 Å². The van der Waals surface area contributed by atoms with Crippen LogP contribution < -0.4 is 5.32 Å². The summed E-state index contributed by atoms with van der Waals surface area (Å²) in [5.41, 5.74) is 0.942. The van der Waals surface area contributed by atoms with E-state index in [-0.39, 0.29) is 18.3 Å². The van der Waals surface area contributed by atoms with E-state index in [1.54, 1.807) is 6.07 Å². The first-order chi connectivity index (χ1) is 7.67. The standard InChI is InChI=1S/C11H16N2O3/c1-2-10(8-14)12-7-9-4-3-5-11(6-9)13(15)16/h3-6,10,12,14H,2,7-8H2,1H3/t10-/m1/s1. The van der Waals surface area contributed by atoms with E-state index in [0.29, 0.717) is 6.54 Å². The molecule has 1 atom stereocenters. The Bertz CT molecular complexity index is 351. The Morgan fingerprint density at radius 2 is 2.31 bits per heavy atom. The lowest BCUT2D eigenvalue weighted by molar-refractivity contribution is -0.384. The van der Waals surface area contributed by atoms with Gasteiger partial charge in [0.15, 0.2) is 0 Å². The second-order valence-corrected chi connectivity index (χ2v) is 3.60. The fourth-order valence-corrected chi connectivity index (χ4v) is 1.38. The van der Waals surface area contributed by atoms with Crippen molar-refractivity contribution in [3.8, 4) is 0 Å². The van der Waals surface area contributed by atoms with E-state index >= 15 is 0 Å². The van der Waals surface area contributed by atoms with Gasteiger partial charge in [-0.1, -0.05) is 19.1 Å². The lowest BCUT2D eigenvalue weighted by Gasteiger charge is -2.13. The molecule has 0 spiro atoms. The van der Waals surface area contributed by atoms with Gasteiger partial charge in [-0.25, -0.2) is 0 Å². The summed E-state index contributed by atoms with van der Waals surface area (Å²) < 4.78 is 0. The second kappa shape index (κ2) is 6.19. The maximum atomic E-state index is 10.5. The number of nitrogens with zero attached hydrogens (tertiary/aromatic N) is 1. The minimum absolute atomic E-state index is 0.0410. The first kappa shape index (κ1) is 12.6. The predicted molar refractivity (Wildman–Crippen MR) is 61.1 cm³/mol. The van der Waals surface area contributed by atoms with Crippen molar-refractivity contribution >= 4 is 5.69 Å². The molecule has 88 valence electrons. The van der Waals surface area contributed by atoms with E-state index in [1.807, 2.05) is 13.0 Å². The number of nitro groups is 1. The maximum Gasteiger partial charge on any atom is 0.269 e. The summed E-state index contributed by atoms with van der Waals surface area (Å²) in [5.74, 6) is 0. The third-order valence-electron chi connectivity index (χ3n) is 2.43. The Balaban J connectivity index is 2.60. The van der Waals surface area contributed by atoms with Gasteiger partial charge >= 0.3 is 0 Å². The number of aliphatic hydroxyl groups is 1. The van der Waals surface area contributed by atoms with Crippen LogP contribution in [0, 0.1) is 10.1 Å². The van der Waals surface area contributed by atoms with E-state index in [4.69, 9.17) is 5.11 Å². The predicted octanol–water partition coefficient (Wildman–Crippen LogP) is 1.46. The van der Waals surface area contributed by atoms with Crippen molar-refractivity contribution < 1.29 is 10.0 Å². The minimum Gasteiger partial charge on any atom is -0.395 e. The lowest BCUT2D eigenvalue weighted by atomic mass is 10.1. The van der Waals surface area contributed by atoms with E-state index in [2.05, 4.69) is 5.32 Å². The molecule has 16 heavy (non-hydrogen) atoms. The number of benzene rings is 1. The van der Waals surface area contributed by atoms with E-state index in [0.717, 1.165) is 12.0 Å². The molecule has 0 bridgehead atoms. The number of nitro benzene ring substituents is 1. The average molecular weight is 224 g/mol. The molecular formula is C11H16N2O3. The Morgan fingerprint density at radius 1 is 1.56 bits per heavy atom. The highest BCUT2D eigenvalue weighted by atomic mass is 16.6. The number of hydrogen-bond donors (Lipinski definition) is 2. The Kier molecular flexibility index (Phi) is 4.88. The maximum absolute atomic E-state index is 10.5. The highest BCUT2D eigenvalue weighted by Gasteiger charge is 2.07. The van der Waals surface area contributed by atoms with Gasteiger partial charge in [-0.05, 0) is 12.0 Å². The van der Waals surface area contributed by atoms with Crippen LogP contribution in [0.4, 0.5) is 5.69 Å². The van der Waals surface area contributed by atoms with E-state index < -0.39 is 4.92 Å². The van der Waals surface area contributed by atoms with Gasteiger partial charge in [0, 0.05) is 24.7 Å². The van der Waals surface area contributed by atoms with Gasteiger partial charge in [-0.2, -0.15) is 0 Å². The van der Waals surface area contributed by atoms with Gasteiger partial charge in [-0.15, -0.1) is 0 Å². The molecule has 0 aliphatic heterocycles. The van der Waals surface area contributed by atoms with Crippen molar-refractivity contribution in [2.75, 3.05) is 6.61 Å². The molecular weight excluding hydrogens is 208 g/mol. The summed E-state index contributed by atoms with van der Waals surface area (Å²) in [6.07, 6.45) is 0.825. The fourth-order valence-electron chi connectivity index (χ4n) is 1.38. The van der Waals surface area contributed by atoms with Crippen LogP contribution >= 0.6 is 0 Å². The number of nitrogens with one attached hydrogen (secondary N) is 1. The summed E-state index contributed by atoms with van der Waals surface area (Å²) >= 11 is 0. The van der Waals surface area contributed by atoms with Crippen molar-refractivity contribution in [2.24, 2.45) is 0 Å². The summed E-state index contributed by atoms with van der Waals surface area (Å²) in [6, 6.07) is 6.53. The summed E-state index contributed by atoms with van der Waals surface area (Å²) in [4.78, 5) is 10.1. The third kappa shape index (κ3) is 3.60. The topological polar surface area (TPSA) is 75.4 Å². The molecule has 0 heterocycles. The van der Waals surface area contributed by atoms with Crippen LogP contribution in [-0.2, 0) is 6.54 Å². The summed E-state index contributed by atoms with van der Waals surface area (Å²) in [6.45, 7) is 2.58. The van der Waals surface area contributed by atoms with E-state index in [9.17, 15) is 10.1 Å². The molecule has 0 aliphatic carbocycles. The molecule has 5 nitrogen and oxygen atoms in total. The zero-order valence-corrected chi connectivity index (χ0v) is 9.22. The molecule has 0 amide bonds. The molecule has 1 aromatic carbocycles. The molecule has 0 radical (unpaired) electrons. The molecule has 0 aliphatic rings. The zero-order valence-electron chi connectivity index (χ0n) is 9.22. The first-order valence-electron chi connectivity index (χ1n) is 5.25. The van der Waals surface area contributed by atoms with Gasteiger partial charge in [0.05, 0.1) is 11.5 Å². The highest BCUT2D eigenvalue weighted by molar-refractivity contribution is 5.34. The van der Waals surface area contributed by atoms with Crippen LogP contribution in [-0.4, -0.2) is 22.7 Å². The van der Waals surface area contributed by atoms with Crippen molar-refractivity contribution in [3.63, 3.8) is 0 Å². The van der Waals surface area contributed by atoms with Crippen LogP contribution in [0.3, 0.4) is 0 Å². The molecule has 2 N–H and O–H groups in total. The molecule has 1 rings (SSSR count). The fraction of sp³-hybridized carbons (Fsp3) is 0.455. The van der Waals surface area contributed by atoms with Crippen LogP contribution in [0.5, 0.6) is 0 Å². The molecule has 0 aromatic heterocycles. The monoisotopic (exact) mass is 224 g/mol. The molecule has 0 saturated heterocycles. The second-order valence-electron chi connectivity index (χ2n) is 3.60. The van der Waals surface area contributed by atoms with Gasteiger partial charge in [0.2, 0.25) is 0 Å². The number of non-ortho nitro benzene ring substituents is 1. The SMILES string of the molecule is CC[C@H](CO)NCc1cccc([N+](=O)[O-])c1.